The number of anilines is 1. The molecule has 2 N–H and O–H groups in total. The van der Waals surface area contributed by atoms with Crippen LogP contribution in [0.4, 0.5) is 10.1 Å². The van der Waals surface area contributed by atoms with E-state index < -0.39 is 17.6 Å². The Morgan fingerprint density at radius 2 is 1.79 bits per heavy atom. The second kappa shape index (κ2) is 8.10. The molecule has 0 aromatic heterocycles. The van der Waals surface area contributed by atoms with Crippen LogP contribution >= 0.6 is 0 Å². The van der Waals surface area contributed by atoms with E-state index in [1.165, 1.54) is 18.2 Å². The van der Waals surface area contributed by atoms with Crippen molar-refractivity contribution in [2.45, 2.75) is 20.4 Å². The summed E-state index contributed by atoms with van der Waals surface area (Å²) < 4.78 is 18.5. The number of amides is 2. The number of ether oxygens (including phenoxy) is 1. The van der Waals surface area contributed by atoms with Gasteiger partial charge < -0.3 is 15.4 Å². The number of carbonyl (C=O) groups excluding carboxylic acids is 2. The molecule has 0 radical (unpaired) electrons. The quantitative estimate of drug-likeness (QED) is 0.829. The number of rotatable bonds is 5. The minimum Gasteiger partial charge on any atom is -0.494 e. The zero-order valence-corrected chi connectivity index (χ0v) is 13.6. The van der Waals surface area contributed by atoms with Crippen LogP contribution in [-0.4, -0.2) is 18.4 Å². The number of aryl methyl sites for hydroxylation is 1. The Morgan fingerprint density at radius 3 is 2.46 bits per heavy atom. The van der Waals surface area contributed by atoms with Crippen molar-refractivity contribution < 1.29 is 18.7 Å². The van der Waals surface area contributed by atoms with Gasteiger partial charge in [-0.1, -0.05) is 18.2 Å². The highest BCUT2D eigenvalue weighted by atomic mass is 19.1. The summed E-state index contributed by atoms with van der Waals surface area (Å²) >= 11 is 0. The summed E-state index contributed by atoms with van der Waals surface area (Å²) in [6, 6.07) is 11.2. The van der Waals surface area contributed by atoms with Gasteiger partial charge in [-0.15, -0.1) is 0 Å². The normalized spacial score (nSPS) is 10.1. The van der Waals surface area contributed by atoms with Gasteiger partial charge in [0.05, 0.1) is 6.61 Å². The average Bonchev–Trinajstić information content (AvgIpc) is 2.57. The van der Waals surface area contributed by atoms with Gasteiger partial charge in [-0.25, -0.2) is 4.39 Å². The summed E-state index contributed by atoms with van der Waals surface area (Å²) in [5, 5.41) is 4.92. The monoisotopic (exact) mass is 330 g/mol. The van der Waals surface area contributed by atoms with Gasteiger partial charge in [0.25, 0.3) is 0 Å². The molecule has 2 aromatic carbocycles. The maximum atomic E-state index is 13.2. The van der Waals surface area contributed by atoms with Crippen molar-refractivity contribution in [2.24, 2.45) is 0 Å². The molecule has 5 nitrogen and oxygen atoms in total. The number of halogens is 1. The molecule has 0 saturated carbocycles. The van der Waals surface area contributed by atoms with Gasteiger partial charge in [0.1, 0.15) is 11.6 Å². The molecule has 0 aliphatic heterocycles. The summed E-state index contributed by atoms with van der Waals surface area (Å²) in [4.78, 5) is 23.7. The van der Waals surface area contributed by atoms with Gasteiger partial charge in [-0.3, -0.25) is 9.59 Å². The summed E-state index contributed by atoms with van der Waals surface area (Å²) in [6.07, 6.45) is 0. The molecule has 0 saturated heterocycles. The number of carbonyl (C=O) groups is 2. The average molecular weight is 330 g/mol. The lowest BCUT2D eigenvalue weighted by Crippen LogP contribution is -2.35. The molecule has 0 aliphatic carbocycles. The third-order valence-electron chi connectivity index (χ3n) is 3.34. The SMILES string of the molecule is CCOc1ccc(CNC(=O)C(=O)Nc2cc(F)ccc2C)cc1. The van der Waals surface area contributed by atoms with Crippen LogP contribution in [-0.2, 0) is 16.1 Å². The maximum absolute atomic E-state index is 13.2. The molecular formula is C18H19FN2O3. The second-order valence-corrected chi connectivity index (χ2v) is 5.17. The van der Waals surface area contributed by atoms with Crippen molar-refractivity contribution in [2.75, 3.05) is 11.9 Å². The number of nitrogens with one attached hydrogen (secondary N) is 2. The lowest BCUT2D eigenvalue weighted by atomic mass is 10.2. The second-order valence-electron chi connectivity index (χ2n) is 5.17. The Morgan fingerprint density at radius 1 is 1.08 bits per heavy atom. The fourth-order valence-electron chi connectivity index (χ4n) is 2.04. The van der Waals surface area contributed by atoms with E-state index in [9.17, 15) is 14.0 Å². The third-order valence-corrected chi connectivity index (χ3v) is 3.34. The molecule has 0 heterocycles. The molecule has 0 fully saturated rings. The fourth-order valence-corrected chi connectivity index (χ4v) is 2.04. The Kier molecular flexibility index (Phi) is 5.89. The molecule has 0 spiro atoms. The first kappa shape index (κ1) is 17.5. The molecule has 2 rings (SSSR count). The zero-order valence-electron chi connectivity index (χ0n) is 13.6. The van der Waals surface area contributed by atoms with Gasteiger partial charge >= 0.3 is 11.8 Å². The first-order valence-electron chi connectivity index (χ1n) is 7.56. The molecule has 0 atom stereocenters. The van der Waals surface area contributed by atoms with Gasteiger partial charge in [0.2, 0.25) is 0 Å². The van der Waals surface area contributed by atoms with Gasteiger partial charge in [0.15, 0.2) is 0 Å². The Balaban J connectivity index is 1.89. The van der Waals surface area contributed by atoms with Crippen molar-refractivity contribution in [3.63, 3.8) is 0 Å². The van der Waals surface area contributed by atoms with Crippen molar-refractivity contribution in [3.8, 4) is 5.75 Å². The summed E-state index contributed by atoms with van der Waals surface area (Å²) in [5.74, 6) is -1.36. The zero-order chi connectivity index (χ0) is 17.5. The van der Waals surface area contributed by atoms with E-state index in [1.54, 1.807) is 31.2 Å². The largest absolute Gasteiger partial charge is 0.494 e. The molecule has 24 heavy (non-hydrogen) atoms. The third kappa shape index (κ3) is 4.81. The van der Waals surface area contributed by atoms with E-state index in [1.807, 2.05) is 6.92 Å². The van der Waals surface area contributed by atoms with Crippen molar-refractivity contribution in [3.05, 3.63) is 59.4 Å². The Hall–Kier alpha value is -2.89. The maximum Gasteiger partial charge on any atom is 0.313 e. The van der Waals surface area contributed by atoms with Crippen LogP contribution in [0.3, 0.4) is 0 Å². The predicted octanol–water partition coefficient (Wildman–Crippen LogP) is 2.79. The first-order chi connectivity index (χ1) is 11.5. The van der Waals surface area contributed by atoms with E-state index in [-0.39, 0.29) is 12.2 Å². The molecular weight excluding hydrogens is 311 g/mol. The Bertz CT molecular complexity index is 730. The molecule has 0 aliphatic rings. The van der Waals surface area contributed by atoms with E-state index in [0.29, 0.717) is 12.2 Å². The summed E-state index contributed by atoms with van der Waals surface area (Å²) in [5.41, 5.74) is 1.78. The van der Waals surface area contributed by atoms with E-state index >= 15 is 0 Å². The van der Waals surface area contributed by atoms with Gasteiger partial charge in [-0.2, -0.15) is 0 Å². The first-order valence-corrected chi connectivity index (χ1v) is 7.56. The minimum atomic E-state index is -0.838. The van der Waals surface area contributed by atoms with E-state index in [2.05, 4.69) is 10.6 Å². The molecule has 2 amide bonds. The molecule has 2 aromatic rings. The highest BCUT2D eigenvalue weighted by molar-refractivity contribution is 6.39. The van der Waals surface area contributed by atoms with Gasteiger partial charge in [-0.05, 0) is 49.2 Å². The highest BCUT2D eigenvalue weighted by Gasteiger charge is 2.14. The number of hydrogen-bond acceptors (Lipinski definition) is 3. The lowest BCUT2D eigenvalue weighted by molar-refractivity contribution is -0.136. The van der Waals surface area contributed by atoms with Crippen molar-refractivity contribution in [1.29, 1.82) is 0 Å². The fraction of sp³-hybridized carbons (Fsp3) is 0.222. The molecule has 0 unspecified atom stereocenters. The van der Waals surface area contributed by atoms with Crippen LogP contribution < -0.4 is 15.4 Å². The van der Waals surface area contributed by atoms with Crippen LogP contribution in [0.25, 0.3) is 0 Å². The van der Waals surface area contributed by atoms with Crippen molar-refractivity contribution in [1.82, 2.24) is 5.32 Å². The van der Waals surface area contributed by atoms with Gasteiger partial charge in [0, 0.05) is 12.2 Å². The smallest absolute Gasteiger partial charge is 0.313 e. The molecule has 126 valence electrons. The van der Waals surface area contributed by atoms with Crippen LogP contribution in [0, 0.1) is 12.7 Å². The van der Waals surface area contributed by atoms with E-state index in [4.69, 9.17) is 4.74 Å². The summed E-state index contributed by atoms with van der Waals surface area (Å²) in [7, 11) is 0. The van der Waals surface area contributed by atoms with Crippen molar-refractivity contribution >= 4 is 17.5 Å². The summed E-state index contributed by atoms with van der Waals surface area (Å²) in [6.45, 7) is 4.40. The standard InChI is InChI=1S/C18H19FN2O3/c1-3-24-15-8-5-13(6-9-15)11-20-17(22)18(23)21-16-10-14(19)7-4-12(16)2/h4-10H,3,11H2,1-2H3,(H,20,22)(H,21,23). The molecule has 0 bridgehead atoms. The minimum absolute atomic E-state index is 0.209. The number of hydrogen-bond donors (Lipinski definition) is 2. The topological polar surface area (TPSA) is 67.4 Å². The number of benzene rings is 2. The van der Waals surface area contributed by atoms with E-state index in [0.717, 1.165) is 11.3 Å². The molecule has 6 heteroatoms. The highest BCUT2D eigenvalue weighted by Crippen LogP contribution is 2.16. The lowest BCUT2D eigenvalue weighted by Gasteiger charge is -2.09. The predicted molar refractivity (Wildman–Crippen MR) is 89.2 cm³/mol. The van der Waals surface area contributed by atoms with Crippen LogP contribution in [0.1, 0.15) is 18.1 Å². The Labute approximate surface area is 139 Å². The van der Waals surface area contributed by atoms with Crippen LogP contribution in [0.15, 0.2) is 42.5 Å². The van der Waals surface area contributed by atoms with Crippen LogP contribution in [0.2, 0.25) is 0 Å². The van der Waals surface area contributed by atoms with Crippen LogP contribution in [0.5, 0.6) is 5.75 Å².